The SMILES string of the molecule is CNC(=O)c1cccc2sc(-c3nc(Cl)ncc3Br)cc12. The third-order valence-electron chi connectivity index (χ3n) is 2.98. The fourth-order valence-electron chi connectivity index (χ4n) is 2.03. The maximum absolute atomic E-state index is 11.9. The highest BCUT2D eigenvalue weighted by Crippen LogP contribution is 2.37. The first-order valence-electron chi connectivity index (χ1n) is 6.03. The third kappa shape index (κ3) is 2.66. The van der Waals surface area contributed by atoms with Gasteiger partial charge in [-0.2, -0.15) is 0 Å². The zero-order valence-corrected chi connectivity index (χ0v) is 14.0. The summed E-state index contributed by atoms with van der Waals surface area (Å²) in [4.78, 5) is 21.0. The van der Waals surface area contributed by atoms with Crippen LogP contribution in [0.15, 0.2) is 34.9 Å². The number of thiophene rings is 1. The normalized spacial score (nSPS) is 10.8. The summed E-state index contributed by atoms with van der Waals surface area (Å²) in [7, 11) is 1.62. The van der Waals surface area contributed by atoms with E-state index in [1.165, 1.54) is 0 Å². The standard InChI is InChI=1S/C14H9BrClN3OS/c1-17-13(20)7-3-2-4-10-8(7)5-11(21-10)12-9(15)6-18-14(16)19-12/h2-6H,1H3,(H,17,20). The highest BCUT2D eigenvalue weighted by molar-refractivity contribution is 9.10. The molecule has 0 aliphatic carbocycles. The minimum atomic E-state index is -0.107. The van der Waals surface area contributed by atoms with Gasteiger partial charge < -0.3 is 5.32 Å². The second kappa shape index (κ2) is 5.71. The minimum absolute atomic E-state index is 0.107. The van der Waals surface area contributed by atoms with E-state index in [1.807, 2.05) is 18.2 Å². The fraction of sp³-hybridized carbons (Fsp3) is 0.0714. The number of aromatic nitrogens is 2. The molecule has 7 heteroatoms. The van der Waals surface area contributed by atoms with Crippen LogP contribution in [0.5, 0.6) is 0 Å². The topological polar surface area (TPSA) is 54.9 Å². The monoisotopic (exact) mass is 381 g/mol. The molecule has 0 fully saturated rings. The van der Waals surface area contributed by atoms with Crippen LogP contribution in [0, 0.1) is 0 Å². The second-order valence-corrected chi connectivity index (χ2v) is 6.52. The quantitative estimate of drug-likeness (QED) is 0.678. The number of carbonyl (C=O) groups is 1. The summed E-state index contributed by atoms with van der Waals surface area (Å²) >= 11 is 10.9. The Bertz CT molecular complexity index is 849. The lowest BCUT2D eigenvalue weighted by atomic mass is 10.1. The van der Waals surface area contributed by atoms with Gasteiger partial charge in [0.2, 0.25) is 5.28 Å². The van der Waals surface area contributed by atoms with Gasteiger partial charge in [-0.3, -0.25) is 4.79 Å². The van der Waals surface area contributed by atoms with Crippen molar-refractivity contribution in [2.75, 3.05) is 7.05 Å². The summed E-state index contributed by atoms with van der Waals surface area (Å²) in [5.74, 6) is -0.107. The number of halogens is 2. The molecule has 0 spiro atoms. The van der Waals surface area contributed by atoms with E-state index in [2.05, 4.69) is 31.2 Å². The third-order valence-corrected chi connectivity index (χ3v) is 4.85. The first kappa shape index (κ1) is 14.4. The van der Waals surface area contributed by atoms with Crippen LogP contribution in [0.1, 0.15) is 10.4 Å². The van der Waals surface area contributed by atoms with Crippen molar-refractivity contribution in [1.82, 2.24) is 15.3 Å². The Balaban J connectivity index is 2.22. The molecular weight excluding hydrogens is 374 g/mol. The van der Waals surface area contributed by atoms with Crippen LogP contribution in [-0.2, 0) is 0 Å². The maximum Gasteiger partial charge on any atom is 0.251 e. The fourth-order valence-corrected chi connectivity index (χ4v) is 3.79. The molecule has 0 bridgehead atoms. The first-order valence-corrected chi connectivity index (χ1v) is 8.02. The molecule has 1 amide bonds. The average Bonchev–Trinajstić information content (AvgIpc) is 2.92. The number of nitrogens with zero attached hydrogens (tertiary/aromatic N) is 2. The Labute approximate surface area is 138 Å². The molecule has 3 aromatic rings. The summed E-state index contributed by atoms with van der Waals surface area (Å²) < 4.78 is 1.78. The largest absolute Gasteiger partial charge is 0.355 e. The summed E-state index contributed by atoms with van der Waals surface area (Å²) in [5.41, 5.74) is 1.37. The van der Waals surface area contributed by atoms with Crippen molar-refractivity contribution in [2.45, 2.75) is 0 Å². The summed E-state index contributed by atoms with van der Waals surface area (Å²) in [6.07, 6.45) is 1.62. The summed E-state index contributed by atoms with van der Waals surface area (Å²) in [6.45, 7) is 0. The Morgan fingerprint density at radius 1 is 1.43 bits per heavy atom. The molecule has 3 rings (SSSR count). The van der Waals surface area contributed by atoms with Crippen LogP contribution >= 0.6 is 38.9 Å². The first-order chi connectivity index (χ1) is 10.1. The van der Waals surface area contributed by atoms with E-state index in [9.17, 15) is 4.79 Å². The van der Waals surface area contributed by atoms with Gasteiger partial charge in [-0.05, 0) is 45.7 Å². The predicted molar refractivity (Wildman–Crippen MR) is 89.0 cm³/mol. The zero-order chi connectivity index (χ0) is 15.0. The van der Waals surface area contributed by atoms with Crippen molar-refractivity contribution in [2.24, 2.45) is 0 Å². The van der Waals surface area contributed by atoms with Crippen LogP contribution in [0.3, 0.4) is 0 Å². The number of hydrogen-bond donors (Lipinski definition) is 1. The lowest BCUT2D eigenvalue weighted by Crippen LogP contribution is -2.17. The van der Waals surface area contributed by atoms with Crippen molar-refractivity contribution in [3.63, 3.8) is 0 Å². The van der Waals surface area contributed by atoms with E-state index in [1.54, 1.807) is 30.6 Å². The Morgan fingerprint density at radius 3 is 3.00 bits per heavy atom. The van der Waals surface area contributed by atoms with Crippen LogP contribution in [0.2, 0.25) is 5.28 Å². The van der Waals surface area contributed by atoms with Crippen molar-refractivity contribution >= 4 is 54.9 Å². The molecule has 21 heavy (non-hydrogen) atoms. The molecule has 0 radical (unpaired) electrons. The molecule has 1 aromatic carbocycles. The van der Waals surface area contributed by atoms with E-state index in [-0.39, 0.29) is 11.2 Å². The molecule has 0 aliphatic rings. The van der Waals surface area contributed by atoms with Gasteiger partial charge in [-0.15, -0.1) is 11.3 Å². The molecular formula is C14H9BrClN3OS. The van der Waals surface area contributed by atoms with Crippen LogP contribution in [0.25, 0.3) is 20.7 Å². The van der Waals surface area contributed by atoms with Crippen molar-refractivity contribution in [3.05, 3.63) is 45.8 Å². The molecule has 0 saturated heterocycles. The van der Waals surface area contributed by atoms with Gasteiger partial charge >= 0.3 is 0 Å². The van der Waals surface area contributed by atoms with Crippen molar-refractivity contribution in [3.8, 4) is 10.6 Å². The Kier molecular flexibility index (Phi) is 3.93. The molecule has 0 unspecified atom stereocenters. The van der Waals surface area contributed by atoms with Crippen LogP contribution in [0.4, 0.5) is 0 Å². The van der Waals surface area contributed by atoms with Crippen LogP contribution < -0.4 is 5.32 Å². The number of carbonyl (C=O) groups excluding carboxylic acids is 1. The average molecular weight is 383 g/mol. The number of rotatable bonds is 2. The Hall–Kier alpha value is -1.50. The highest BCUT2D eigenvalue weighted by atomic mass is 79.9. The zero-order valence-electron chi connectivity index (χ0n) is 10.9. The van der Waals surface area contributed by atoms with E-state index >= 15 is 0 Å². The molecule has 0 aliphatic heterocycles. The Morgan fingerprint density at radius 2 is 2.24 bits per heavy atom. The number of benzene rings is 1. The van der Waals surface area contributed by atoms with Gasteiger partial charge in [-0.25, -0.2) is 9.97 Å². The van der Waals surface area contributed by atoms with E-state index < -0.39 is 0 Å². The number of nitrogens with one attached hydrogen (secondary N) is 1. The van der Waals surface area contributed by atoms with Gasteiger partial charge in [0.05, 0.1) is 15.0 Å². The number of fused-ring (bicyclic) bond motifs is 1. The van der Waals surface area contributed by atoms with Crippen molar-refractivity contribution in [1.29, 1.82) is 0 Å². The lowest BCUT2D eigenvalue weighted by molar-refractivity contribution is 0.0965. The highest BCUT2D eigenvalue weighted by Gasteiger charge is 2.15. The van der Waals surface area contributed by atoms with E-state index in [4.69, 9.17) is 11.6 Å². The molecule has 2 heterocycles. The van der Waals surface area contributed by atoms with E-state index in [0.29, 0.717) is 5.56 Å². The lowest BCUT2D eigenvalue weighted by Gasteiger charge is -2.00. The predicted octanol–water partition coefficient (Wildman–Crippen LogP) is 4.13. The molecule has 2 aromatic heterocycles. The van der Waals surface area contributed by atoms with Crippen LogP contribution in [-0.4, -0.2) is 22.9 Å². The van der Waals surface area contributed by atoms with Gasteiger partial charge in [0, 0.05) is 28.9 Å². The van der Waals surface area contributed by atoms with Gasteiger partial charge in [0.25, 0.3) is 5.91 Å². The number of amides is 1. The van der Waals surface area contributed by atoms with Crippen molar-refractivity contribution < 1.29 is 4.79 Å². The molecule has 0 atom stereocenters. The van der Waals surface area contributed by atoms with Gasteiger partial charge in [0.1, 0.15) is 0 Å². The summed E-state index contributed by atoms with van der Waals surface area (Å²) in [6, 6.07) is 7.61. The van der Waals surface area contributed by atoms with Gasteiger partial charge in [0.15, 0.2) is 0 Å². The number of hydrogen-bond acceptors (Lipinski definition) is 4. The summed E-state index contributed by atoms with van der Waals surface area (Å²) in [5, 5.41) is 3.75. The van der Waals surface area contributed by atoms with E-state index in [0.717, 1.165) is 25.1 Å². The molecule has 106 valence electrons. The van der Waals surface area contributed by atoms with Gasteiger partial charge in [-0.1, -0.05) is 6.07 Å². The molecule has 4 nitrogen and oxygen atoms in total. The minimum Gasteiger partial charge on any atom is -0.355 e. The molecule has 0 saturated carbocycles. The smallest absolute Gasteiger partial charge is 0.251 e. The molecule has 1 N–H and O–H groups in total. The second-order valence-electron chi connectivity index (χ2n) is 4.24. The maximum atomic E-state index is 11.9.